The zero-order valence-corrected chi connectivity index (χ0v) is 15.0. The van der Waals surface area contributed by atoms with E-state index in [0.717, 1.165) is 24.3 Å². The molecule has 6 heteroatoms. The summed E-state index contributed by atoms with van der Waals surface area (Å²) in [6, 6.07) is 7.67. The van der Waals surface area contributed by atoms with Gasteiger partial charge in [-0.2, -0.15) is 0 Å². The van der Waals surface area contributed by atoms with E-state index in [0.29, 0.717) is 13.0 Å². The number of hydrogen-bond acceptors (Lipinski definition) is 4. The zero-order chi connectivity index (χ0) is 17.7. The quantitative estimate of drug-likeness (QED) is 0.706. The standard InChI is InChI=1S/C18H28N4O2/c1-21(2)11-5-10-19-17(23)15-12-16(15)18(24)20-13-6-8-14(9-7-13)22(3)4/h6-9,15-16H,5,10-12H2,1-4H3,(H,19,23)(H,20,24). The topological polar surface area (TPSA) is 64.7 Å². The molecule has 1 aromatic rings. The van der Waals surface area contributed by atoms with E-state index in [9.17, 15) is 9.59 Å². The molecule has 0 bridgehead atoms. The fourth-order valence-corrected chi connectivity index (χ4v) is 2.59. The molecular weight excluding hydrogens is 304 g/mol. The summed E-state index contributed by atoms with van der Waals surface area (Å²) in [6.45, 7) is 1.60. The number of hydrogen-bond donors (Lipinski definition) is 2. The highest BCUT2D eigenvalue weighted by Gasteiger charge is 2.47. The van der Waals surface area contributed by atoms with E-state index in [2.05, 4.69) is 15.5 Å². The van der Waals surface area contributed by atoms with E-state index in [1.54, 1.807) is 0 Å². The first kappa shape index (κ1) is 18.3. The summed E-state index contributed by atoms with van der Waals surface area (Å²) in [5, 5.41) is 5.81. The number of nitrogens with one attached hydrogen (secondary N) is 2. The highest BCUT2D eigenvalue weighted by molar-refractivity contribution is 5.99. The van der Waals surface area contributed by atoms with Crippen LogP contribution in [-0.4, -0.2) is 58.0 Å². The van der Waals surface area contributed by atoms with Crippen molar-refractivity contribution in [2.45, 2.75) is 12.8 Å². The molecule has 2 N–H and O–H groups in total. The van der Waals surface area contributed by atoms with Crippen molar-refractivity contribution in [2.24, 2.45) is 11.8 Å². The predicted molar refractivity (Wildman–Crippen MR) is 97.2 cm³/mol. The fraction of sp³-hybridized carbons (Fsp3) is 0.556. The maximum Gasteiger partial charge on any atom is 0.228 e. The molecule has 0 aromatic heterocycles. The molecule has 6 nitrogen and oxygen atoms in total. The fourth-order valence-electron chi connectivity index (χ4n) is 2.59. The van der Waals surface area contributed by atoms with Crippen LogP contribution in [-0.2, 0) is 9.59 Å². The van der Waals surface area contributed by atoms with Gasteiger partial charge in [-0.25, -0.2) is 0 Å². The van der Waals surface area contributed by atoms with Crippen LogP contribution in [0.1, 0.15) is 12.8 Å². The maximum atomic E-state index is 12.2. The highest BCUT2D eigenvalue weighted by atomic mass is 16.2. The first-order valence-electron chi connectivity index (χ1n) is 8.39. The molecule has 2 unspecified atom stereocenters. The molecular formula is C18H28N4O2. The SMILES string of the molecule is CN(C)CCCNC(=O)C1CC1C(=O)Nc1ccc(N(C)C)cc1. The Hall–Kier alpha value is -2.08. The molecule has 0 heterocycles. The van der Waals surface area contributed by atoms with E-state index in [4.69, 9.17) is 0 Å². The molecule has 24 heavy (non-hydrogen) atoms. The van der Waals surface area contributed by atoms with Crippen LogP contribution in [0.25, 0.3) is 0 Å². The van der Waals surface area contributed by atoms with Crippen LogP contribution in [0.2, 0.25) is 0 Å². The van der Waals surface area contributed by atoms with Gasteiger partial charge in [-0.15, -0.1) is 0 Å². The number of benzene rings is 1. The van der Waals surface area contributed by atoms with E-state index >= 15 is 0 Å². The van der Waals surface area contributed by atoms with Crippen molar-refractivity contribution in [2.75, 3.05) is 51.5 Å². The summed E-state index contributed by atoms with van der Waals surface area (Å²) in [6.07, 6.45) is 1.56. The van der Waals surface area contributed by atoms with E-state index < -0.39 is 0 Å². The van der Waals surface area contributed by atoms with Gasteiger partial charge in [-0.05, 0) is 57.7 Å². The van der Waals surface area contributed by atoms with Gasteiger partial charge in [0, 0.05) is 32.0 Å². The Morgan fingerprint density at radius 1 is 1.04 bits per heavy atom. The second-order valence-electron chi connectivity index (χ2n) is 6.83. The van der Waals surface area contributed by atoms with Gasteiger partial charge in [-0.3, -0.25) is 9.59 Å². The number of carbonyl (C=O) groups excluding carboxylic acids is 2. The third-order valence-electron chi connectivity index (χ3n) is 4.20. The average Bonchev–Trinajstić information content (AvgIpc) is 3.32. The van der Waals surface area contributed by atoms with Crippen molar-refractivity contribution in [3.8, 4) is 0 Å². The summed E-state index contributed by atoms with van der Waals surface area (Å²) >= 11 is 0. The number of rotatable bonds is 8. The van der Waals surface area contributed by atoms with Gasteiger partial charge in [0.2, 0.25) is 11.8 Å². The van der Waals surface area contributed by atoms with Crippen LogP contribution < -0.4 is 15.5 Å². The third-order valence-corrected chi connectivity index (χ3v) is 4.20. The van der Waals surface area contributed by atoms with Crippen LogP contribution in [0.15, 0.2) is 24.3 Å². The molecule has 0 radical (unpaired) electrons. The van der Waals surface area contributed by atoms with Crippen molar-refractivity contribution >= 4 is 23.2 Å². The Bertz CT molecular complexity index is 569. The molecule has 1 aromatic carbocycles. The lowest BCUT2D eigenvalue weighted by Gasteiger charge is -2.13. The Balaban J connectivity index is 1.73. The molecule has 1 aliphatic rings. The second-order valence-corrected chi connectivity index (χ2v) is 6.83. The number of carbonyl (C=O) groups is 2. The molecule has 2 rings (SSSR count). The van der Waals surface area contributed by atoms with Gasteiger partial charge in [0.25, 0.3) is 0 Å². The van der Waals surface area contributed by atoms with Gasteiger partial charge in [0.05, 0.1) is 11.8 Å². The summed E-state index contributed by atoms with van der Waals surface area (Å²) in [5.41, 5.74) is 1.84. The van der Waals surface area contributed by atoms with Gasteiger partial charge in [0.15, 0.2) is 0 Å². The third kappa shape index (κ3) is 5.23. The molecule has 1 saturated carbocycles. The van der Waals surface area contributed by atoms with Crippen molar-refractivity contribution in [3.63, 3.8) is 0 Å². The monoisotopic (exact) mass is 332 g/mol. The first-order valence-corrected chi connectivity index (χ1v) is 8.39. The maximum absolute atomic E-state index is 12.2. The van der Waals surface area contributed by atoms with Gasteiger partial charge < -0.3 is 20.4 Å². The first-order chi connectivity index (χ1) is 11.4. The van der Waals surface area contributed by atoms with Gasteiger partial charge in [0.1, 0.15) is 0 Å². The Labute approximate surface area is 144 Å². The van der Waals surface area contributed by atoms with Crippen molar-refractivity contribution in [1.82, 2.24) is 10.2 Å². The summed E-state index contributed by atoms with van der Waals surface area (Å²) in [5.74, 6) is -0.448. The molecule has 2 amide bonds. The lowest BCUT2D eigenvalue weighted by molar-refractivity contribution is -0.125. The van der Waals surface area contributed by atoms with Crippen molar-refractivity contribution in [1.29, 1.82) is 0 Å². The smallest absolute Gasteiger partial charge is 0.228 e. The van der Waals surface area contributed by atoms with Gasteiger partial charge in [-0.1, -0.05) is 0 Å². The molecule has 1 fully saturated rings. The minimum absolute atomic E-state index is 0.00291. The lowest BCUT2D eigenvalue weighted by atomic mass is 10.2. The minimum Gasteiger partial charge on any atom is -0.378 e. The number of amides is 2. The highest BCUT2D eigenvalue weighted by Crippen LogP contribution is 2.39. The largest absolute Gasteiger partial charge is 0.378 e. The Kier molecular flexibility index (Phi) is 6.20. The van der Waals surface area contributed by atoms with Crippen LogP contribution in [0.3, 0.4) is 0 Å². The number of anilines is 2. The van der Waals surface area contributed by atoms with E-state index in [-0.39, 0.29) is 23.7 Å². The molecule has 0 spiro atoms. The van der Waals surface area contributed by atoms with Gasteiger partial charge >= 0.3 is 0 Å². The molecule has 0 aliphatic heterocycles. The molecule has 132 valence electrons. The Morgan fingerprint density at radius 3 is 2.25 bits per heavy atom. The summed E-state index contributed by atoms with van der Waals surface area (Å²) in [4.78, 5) is 28.3. The molecule has 1 aliphatic carbocycles. The molecule has 2 atom stereocenters. The lowest BCUT2D eigenvalue weighted by Crippen LogP contribution is -2.30. The zero-order valence-electron chi connectivity index (χ0n) is 15.0. The Morgan fingerprint density at radius 2 is 1.67 bits per heavy atom. The van der Waals surface area contributed by atoms with E-state index in [1.165, 1.54) is 0 Å². The van der Waals surface area contributed by atoms with Crippen LogP contribution in [0.5, 0.6) is 0 Å². The molecule has 0 saturated heterocycles. The summed E-state index contributed by atoms with van der Waals surface area (Å²) in [7, 11) is 7.96. The number of nitrogens with zero attached hydrogens (tertiary/aromatic N) is 2. The van der Waals surface area contributed by atoms with Crippen LogP contribution in [0.4, 0.5) is 11.4 Å². The predicted octanol–water partition coefficient (Wildman–Crippen LogP) is 1.40. The second kappa shape index (κ2) is 8.15. The average molecular weight is 332 g/mol. The van der Waals surface area contributed by atoms with Crippen molar-refractivity contribution < 1.29 is 9.59 Å². The normalized spacial score (nSPS) is 19.0. The van der Waals surface area contributed by atoms with Crippen LogP contribution >= 0.6 is 0 Å². The summed E-state index contributed by atoms with van der Waals surface area (Å²) < 4.78 is 0. The van der Waals surface area contributed by atoms with E-state index in [1.807, 2.05) is 57.4 Å². The van der Waals surface area contributed by atoms with Crippen molar-refractivity contribution in [3.05, 3.63) is 24.3 Å². The van der Waals surface area contributed by atoms with Crippen LogP contribution in [0, 0.1) is 11.8 Å². The minimum atomic E-state index is -0.202.